The van der Waals surface area contributed by atoms with Crippen LogP contribution in [0.2, 0.25) is 0 Å². The van der Waals surface area contributed by atoms with Crippen molar-refractivity contribution in [2.45, 2.75) is 0 Å². The van der Waals surface area contributed by atoms with Gasteiger partial charge >= 0.3 is 0 Å². The van der Waals surface area contributed by atoms with Gasteiger partial charge in [0.1, 0.15) is 17.3 Å². The Morgan fingerprint density at radius 3 is 1.78 bits per heavy atom. The number of hydrogen-bond acceptors (Lipinski definition) is 1. The van der Waals surface area contributed by atoms with Crippen LogP contribution >= 0.6 is 12.2 Å². The summed E-state index contributed by atoms with van der Waals surface area (Å²) in [6.07, 6.45) is 0. The first kappa shape index (κ1) is 17.0. The summed E-state index contributed by atoms with van der Waals surface area (Å²) < 4.78 is 91.9. The topological polar surface area (TPSA) is 24.1 Å². The second-order valence-corrected chi connectivity index (χ2v) is 4.56. The number of thiocarbonyl (C=S) groups is 1. The highest BCUT2D eigenvalue weighted by atomic mass is 32.1. The van der Waals surface area contributed by atoms with Gasteiger partial charge in [-0.3, -0.25) is 0 Å². The number of benzene rings is 2. The predicted molar refractivity (Wildman–Crippen MR) is 72.4 cm³/mol. The zero-order valence-electron chi connectivity index (χ0n) is 10.8. The van der Waals surface area contributed by atoms with Crippen molar-refractivity contribution in [3.8, 4) is 0 Å². The summed E-state index contributed by atoms with van der Waals surface area (Å²) in [6, 6.07) is 2.30. The Hall–Kier alpha value is -2.36. The average Bonchev–Trinajstić information content (AvgIpc) is 2.50. The van der Waals surface area contributed by atoms with Gasteiger partial charge in [0.05, 0.1) is 5.69 Å². The Morgan fingerprint density at radius 1 is 0.739 bits per heavy atom. The molecule has 0 spiro atoms. The maximum absolute atomic E-state index is 13.4. The third-order valence-corrected chi connectivity index (χ3v) is 2.83. The first-order valence-electron chi connectivity index (χ1n) is 5.77. The van der Waals surface area contributed by atoms with E-state index in [0.29, 0.717) is 6.07 Å². The normalized spacial score (nSPS) is 10.6. The minimum atomic E-state index is -2.32. The molecule has 2 aromatic rings. The van der Waals surface area contributed by atoms with Crippen LogP contribution in [-0.4, -0.2) is 5.11 Å². The summed E-state index contributed by atoms with van der Waals surface area (Å²) in [5.74, 6) is -12.9. The first-order valence-corrected chi connectivity index (χ1v) is 6.17. The molecule has 2 N–H and O–H groups in total. The molecular formula is C13H5F7N2S. The summed E-state index contributed by atoms with van der Waals surface area (Å²) in [7, 11) is 0. The number of hydrogen-bond donors (Lipinski definition) is 2. The van der Waals surface area contributed by atoms with E-state index in [1.165, 1.54) is 0 Å². The molecule has 2 rings (SSSR count). The molecule has 0 aliphatic carbocycles. The maximum atomic E-state index is 13.4. The van der Waals surface area contributed by atoms with Crippen LogP contribution in [0.5, 0.6) is 0 Å². The molecule has 23 heavy (non-hydrogen) atoms. The van der Waals surface area contributed by atoms with E-state index in [4.69, 9.17) is 0 Å². The van der Waals surface area contributed by atoms with Crippen LogP contribution in [0.25, 0.3) is 0 Å². The van der Waals surface area contributed by atoms with Gasteiger partial charge in [0.15, 0.2) is 28.4 Å². The molecule has 0 unspecified atom stereocenters. The molecule has 0 aliphatic rings. The fourth-order valence-corrected chi connectivity index (χ4v) is 1.78. The van der Waals surface area contributed by atoms with Crippen molar-refractivity contribution in [2.75, 3.05) is 10.6 Å². The molecule has 0 atom stereocenters. The molecule has 0 heterocycles. The Bertz CT molecular complexity index is 765. The Labute approximate surface area is 129 Å². The standard InChI is InChI=1S/C13H5F7N2S/c14-4-1-2-6(5(15)3-4)21-13(23)22-12-10(19)8(17)7(16)9(18)11(12)20/h1-3H,(H2,21,22,23). The largest absolute Gasteiger partial charge is 0.330 e. The molecule has 0 saturated heterocycles. The molecule has 10 heteroatoms. The predicted octanol–water partition coefficient (Wildman–Crippen LogP) is 4.47. The summed E-state index contributed by atoms with van der Waals surface area (Å²) >= 11 is 4.59. The molecule has 0 bridgehead atoms. The SMILES string of the molecule is Fc1ccc(NC(=S)Nc2c(F)c(F)c(F)c(F)c2F)c(F)c1. The van der Waals surface area contributed by atoms with E-state index in [2.05, 4.69) is 17.5 Å². The second kappa shape index (κ2) is 6.41. The van der Waals surface area contributed by atoms with Gasteiger partial charge < -0.3 is 10.6 Å². The van der Waals surface area contributed by atoms with Gasteiger partial charge in [-0.15, -0.1) is 0 Å². The summed E-state index contributed by atoms with van der Waals surface area (Å²) in [6.45, 7) is 0. The van der Waals surface area contributed by atoms with Gasteiger partial charge in [0.2, 0.25) is 5.82 Å². The van der Waals surface area contributed by atoms with E-state index < -0.39 is 51.5 Å². The number of halogens is 7. The zero-order chi connectivity index (χ0) is 17.3. The summed E-state index contributed by atoms with van der Waals surface area (Å²) in [5, 5.41) is 3.17. The van der Waals surface area contributed by atoms with Gasteiger partial charge in [0, 0.05) is 6.07 Å². The molecule has 0 aliphatic heterocycles. The van der Waals surface area contributed by atoms with E-state index in [1.54, 1.807) is 5.32 Å². The maximum Gasteiger partial charge on any atom is 0.200 e. The van der Waals surface area contributed by atoms with E-state index in [-0.39, 0.29) is 5.69 Å². The Morgan fingerprint density at radius 2 is 1.26 bits per heavy atom. The fraction of sp³-hybridized carbons (Fsp3) is 0. The molecule has 0 amide bonds. The van der Waals surface area contributed by atoms with Gasteiger partial charge in [-0.05, 0) is 24.4 Å². The van der Waals surface area contributed by atoms with Crippen LogP contribution in [0.3, 0.4) is 0 Å². The van der Waals surface area contributed by atoms with Gasteiger partial charge in [0.25, 0.3) is 0 Å². The Balaban J connectivity index is 2.27. The third-order valence-electron chi connectivity index (χ3n) is 2.63. The minimum Gasteiger partial charge on any atom is -0.330 e. The van der Waals surface area contributed by atoms with Crippen LogP contribution in [0.15, 0.2) is 18.2 Å². The van der Waals surface area contributed by atoms with E-state index in [1.807, 2.05) is 0 Å². The van der Waals surface area contributed by atoms with Crippen molar-refractivity contribution in [3.05, 3.63) is 58.9 Å². The molecule has 2 nitrogen and oxygen atoms in total. The van der Waals surface area contributed by atoms with Crippen molar-refractivity contribution in [3.63, 3.8) is 0 Å². The highest BCUT2D eigenvalue weighted by Crippen LogP contribution is 2.27. The molecule has 0 saturated carbocycles. The zero-order valence-corrected chi connectivity index (χ0v) is 11.6. The van der Waals surface area contributed by atoms with Gasteiger partial charge in [-0.2, -0.15) is 0 Å². The van der Waals surface area contributed by atoms with Crippen molar-refractivity contribution in [1.29, 1.82) is 0 Å². The van der Waals surface area contributed by atoms with Crippen LogP contribution < -0.4 is 10.6 Å². The lowest BCUT2D eigenvalue weighted by atomic mass is 10.2. The van der Waals surface area contributed by atoms with Crippen LogP contribution in [0.4, 0.5) is 42.1 Å². The lowest BCUT2D eigenvalue weighted by Crippen LogP contribution is -2.22. The van der Waals surface area contributed by atoms with Crippen LogP contribution in [0.1, 0.15) is 0 Å². The van der Waals surface area contributed by atoms with E-state index in [0.717, 1.165) is 12.1 Å². The Kier molecular flexibility index (Phi) is 4.73. The smallest absolute Gasteiger partial charge is 0.200 e. The first-order chi connectivity index (χ1) is 10.7. The molecular weight excluding hydrogens is 349 g/mol. The van der Waals surface area contributed by atoms with E-state index >= 15 is 0 Å². The number of rotatable bonds is 2. The number of anilines is 2. The van der Waals surface area contributed by atoms with Crippen molar-refractivity contribution in [2.24, 2.45) is 0 Å². The second-order valence-electron chi connectivity index (χ2n) is 4.15. The highest BCUT2D eigenvalue weighted by Gasteiger charge is 2.26. The van der Waals surface area contributed by atoms with E-state index in [9.17, 15) is 30.7 Å². The van der Waals surface area contributed by atoms with Gasteiger partial charge in [-0.1, -0.05) is 0 Å². The average molecular weight is 354 g/mol. The van der Waals surface area contributed by atoms with Crippen LogP contribution in [-0.2, 0) is 0 Å². The van der Waals surface area contributed by atoms with Gasteiger partial charge in [-0.25, -0.2) is 30.7 Å². The molecule has 0 fully saturated rings. The molecule has 0 aromatic heterocycles. The summed E-state index contributed by atoms with van der Waals surface area (Å²) in [4.78, 5) is 0. The highest BCUT2D eigenvalue weighted by molar-refractivity contribution is 7.80. The van der Waals surface area contributed by atoms with Crippen molar-refractivity contribution in [1.82, 2.24) is 0 Å². The quantitative estimate of drug-likeness (QED) is 0.360. The molecule has 122 valence electrons. The lowest BCUT2D eigenvalue weighted by Gasteiger charge is -2.13. The number of nitrogens with one attached hydrogen (secondary N) is 2. The van der Waals surface area contributed by atoms with Crippen LogP contribution in [0, 0.1) is 40.7 Å². The fourth-order valence-electron chi connectivity index (χ4n) is 1.57. The molecule has 2 aromatic carbocycles. The van der Waals surface area contributed by atoms with Crippen molar-refractivity contribution >= 4 is 28.7 Å². The lowest BCUT2D eigenvalue weighted by molar-refractivity contribution is 0.382. The monoisotopic (exact) mass is 354 g/mol. The minimum absolute atomic E-state index is 0.368. The summed E-state index contributed by atoms with van der Waals surface area (Å²) in [5.41, 5.74) is -1.77. The van der Waals surface area contributed by atoms with Crippen molar-refractivity contribution < 1.29 is 30.7 Å². The molecule has 0 radical (unpaired) electrons. The third kappa shape index (κ3) is 3.36.